The second kappa shape index (κ2) is 4.74. The highest BCUT2D eigenvalue weighted by Gasteiger charge is 2.12. The number of nitro groups is 1. The van der Waals surface area contributed by atoms with Crippen molar-refractivity contribution in [3.63, 3.8) is 0 Å². The lowest BCUT2D eigenvalue weighted by Gasteiger charge is -2.02. The first-order chi connectivity index (χ1) is 8.16. The molecule has 0 aliphatic rings. The maximum atomic E-state index is 11.3. The number of nitrogens with one attached hydrogen (secondary N) is 2. The van der Waals surface area contributed by atoms with Gasteiger partial charge < -0.3 is 5.32 Å². The van der Waals surface area contributed by atoms with Crippen molar-refractivity contribution < 1.29 is 4.92 Å². The summed E-state index contributed by atoms with van der Waals surface area (Å²) >= 11 is 1.56. The van der Waals surface area contributed by atoms with Crippen LogP contribution in [0.5, 0.6) is 0 Å². The highest BCUT2D eigenvalue weighted by molar-refractivity contribution is 7.09. The first kappa shape index (κ1) is 11.3. The Morgan fingerprint density at radius 1 is 1.59 bits per heavy atom. The van der Waals surface area contributed by atoms with Crippen molar-refractivity contribution in [1.29, 1.82) is 0 Å². The van der Waals surface area contributed by atoms with Crippen molar-refractivity contribution in [3.8, 4) is 0 Å². The summed E-state index contributed by atoms with van der Waals surface area (Å²) in [5, 5.41) is 15.2. The molecule has 2 aromatic heterocycles. The zero-order valence-electron chi connectivity index (χ0n) is 8.54. The fraction of sp³-hybridized carbons (Fsp3) is 0.111. The Morgan fingerprint density at radius 2 is 2.41 bits per heavy atom. The summed E-state index contributed by atoms with van der Waals surface area (Å²) in [6, 6.07) is 3.84. The van der Waals surface area contributed by atoms with E-state index in [9.17, 15) is 14.9 Å². The molecule has 0 bridgehead atoms. The van der Waals surface area contributed by atoms with Gasteiger partial charge in [-0.25, -0.2) is 4.98 Å². The van der Waals surface area contributed by atoms with Crippen LogP contribution >= 0.6 is 11.3 Å². The summed E-state index contributed by atoms with van der Waals surface area (Å²) in [4.78, 5) is 28.0. The molecule has 2 rings (SSSR count). The van der Waals surface area contributed by atoms with E-state index < -0.39 is 16.2 Å². The molecule has 17 heavy (non-hydrogen) atoms. The highest BCUT2D eigenvalue weighted by Crippen LogP contribution is 2.10. The zero-order valence-corrected chi connectivity index (χ0v) is 9.36. The van der Waals surface area contributed by atoms with Crippen molar-refractivity contribution in [2.45, 2.75) is 6.54 Å². The van der Waals surface area contributed by atoms with Crippen molar-refractivity contribution in [2.24, 2.45) is 0 Å². The predicted molar refractivity (Wildman–Crippen MR) is 63.2 cm³/mol. The van der Waals surface area contributed by atoms with E-state index in [1.165, 1.54) is 0 Å². The molecule has 0 saturated heterocycles. The third-order valence-electron chi connectivity index (χ3n) is 1.99. The standard InChI is InChI=1S/C9H8N4O3S/c14-8-7(13(15)16)5-11-9(12-8)10-4-6-2-1-3-17-6/h1-3,5H,4H2,(H2,10,11,12,14). The first-order valence-corrected chi connectivity index (χ1v) is 5.55. The second-order valence-corrected chi connectivity index (χ2v) is 4.17. The number of nitrogens with zero attached hydrogens (tertiary/aromatic N) is 2. The predicted octanol–water partition coefficient (Wildman–Crippen LogP) is 1.35. The topological polar surface area (TPSA) is 101 Å². The monoisotopic (exact) mass is 252 g/mol. The van der Waals surface area contributed by atoms with E-state index in [4.69, 9.17) is 0 Å². The summed E-state index contributed by atoms with van der Waals surface area (Å²) < 4.78 is 0. The Bertz CT molecular complexity index is 578. The van der Waals surface area contributed by atoms with Crippen LogP contribution in [0.3, 0.4) is 0 Å². The van der Waals surface area contributed by atoms with E-state index in [1.54, 1.807) is 11.3 Å². The van der Waals surface area contributed by atoms with Crippen molar-refractivity contribution in [2.75, 3.05) is 5.32 Å². The molecular weight excluding hydrogens is 244 g/mol. The fourth-order valence-electron chi connectivity index (χ4n) is 1.19. The molecule has 0 aliphatic heterocycles. The molecule has 0 unspecified atom stereocenters. The molecule has 2 aromatic rings. The van der Waals surface area contributed by atoms with Crippen LogP contribution in [0.1, 0.15) is 4.88 Å². The van der Waals surface area contributed by atoms with Gasteiger partial charge in [0, 0.05) is 4.88 Å². The van der Waals surface area contributed by atoms with Gasteiger partial charge in [-0.1, -0.05) is 6.07 Å². The largest absolute Gasteiger partial charge is 0.352 e. The first-order valence-electron chi connectivity index (χ1n) is 4.67. The van der Waals surface area contributed by atoms with E-state index in [0.29, 0.717) is 6.54 Å². The molecule has 0 fully saturated rings. The lowest BCUT2D eigenvalue weighted by Crippen LogP contribution is -2.15. The number of aromatic nitrogens is 2. The second-order valence-electron chi connectivity index (χ2n) is 3.14. The Hall–Kier alpha value is -2.22. The Morgan fingerprint density at radius 3 is 3.00 bits per heavy atom. The van der Waals surface area contributed by atoms with Crippen LogP contribution in [0.25, 0.3) is 0 Å². The molecule has 8 heteroatoms. The van der Waals surface area contributed by atoms with Crippen LogP contribution in [0.15, 0.2) is 28.5 Å². The van der Waals surface area contributed by atoms with Crippen LogP contribution in [0.4, 0.5) is 11.6 Å². The van der Waals surface area contributed by atoms with E-state index >= 15 is 0 Å². The van der Waals surface area contributed by atoms with Crippen LogP contribution in [0, 0.1) is 10.1 Å². The van der Waals surface area contributed by atoms with Gasteiger partial charge in [0.15, 0.2) is 0 Å². The average molecular weight is 252 g/mol. The van der Waals surface area contributed by atoms with Crippen LogP contribution in [-0.4, -0.2) is 14.9 Å². The fourth-order valence-corrected chi connectivity index (χ4v) is 1.84. The number of aromatic amines is 1. The van der Waals surface area contributed by atoms with Gasteiger partial charge in [0.05, 0.1) is 11.5 Å². The number of thiophene rings is 1. The Kier molecular flexibility index (Phi) is 3.15. The normalized spacial score (nSPS) is 10.1. The van der Waals surface area contributed by atoms with Gasteiger partial charge >= 0.3 is 11.2 Å². The van der Waals surface area contributed by atoms with E-state index in [0.717, 1.165) is 11.1 Å². The van der Waals surface area contributed by atoms with Gasteiger partial charge in [-0.3, -0.25) is 19.9 Å². The number of anilines is 1. The molecule has 0 aromatic carbocycles. The van der Waals surface area contributed by atoms with Crippen LogP contribution in [-0.2, 0) is 6.54 Å². The SMILES string of the molecule is O=c1[nH]c(NCc2cccs2)ncc1[N+](=O)[O-]. The molecule has 0 aliphatic carbocycles. The van der Waals surface area contributed by atoms with Gasteiger partial charge in [0.1, 0.15) is 6.20 Å². The third-order valence-corrected chi connectivity index (χ3v) is 2.86. The van der Waals surface area contributed by atoms with Crippen molar-refractivity contribution >= 4 is 23.0 Å². The minimum atomic E-state index is -0.769. The molecule has 88 valence electrons. The minimum absolute atomic E-state index is 0.217. The lowest BCUT2D eigenvalue weighted by molar-refractivity contribution is -0.386. The number of hydrogen-bond donors (Lipinski definition) is 2. The maximum absolute atomic E-state index is 11.3. The average Bonchev–Trinajstić information content (AvgIpc) is 2.78. The molecule has 2 N–H and O–H groups in total. The van der Waals surface area contributed by atoms with Crippen LogP contribution in [0.2, 0.25) is 0 Å². The highest BCUT2D eigenvalue weighted by atomic mass is 32.1. The van der Waals surface area contributed by atoms with E-state index in [1.807, 2.05) is 17.5 Å². The maximum Gasteiger partial charge on any atom is 0.352 e. The summed E-state index contributed by atoms with van der Waals surface area (Å²) in [5.41, 5.74) is -1.33. The molecule has 0 amide bonds. The molecular formula is C9H8N4O3S. The summed E-state index contributed by atoms with van der Waals surface area (Å²) in [7, 11) is 0. The van der Waals surface area contributed by atoms with Gasteiger partial charge in [-0.15, -0.1) is 11.3 Å². The van der Waals surface area contributed by atoms with Gasteiger partial charge in [-0.05, 0) is 11.4 Å². The van der Waals surface area contributed by atoms with Gasteiger partial charge in [-0.2, -0.15) is 0 Å². The summed E-state index contributed by atoms with van der Waals surface area (Å²) in [5.74, 6) is 0.217. The van der Waals surface area contributed by atoms with Gasteiger partial charge in [0.2, 0.25) is 5.95 Å². The van der Waals surface area contributed by atoms with Crippen LogP contribution < -0.4 is 10.9 Å². The zero-order chi connectivity index (χ0) is 12.3. The smallest absolute Gasteiger partial charge is 0.351 e. The molecule has 7 nitrogen and oxygen atoms in total. The molecule has 0 atom stereocenters. The minimum Gasteiger partial charge on any atom is -0.351 e. The summed E-state index contributed by atoms with van der Waals surface area (Å²) in [6.45, 7) is 0.512. The lowest BCUT2D eigenvalue weighted by atomic mass is 10.4. The van der Waals surface area contributed by atoms with E-state index in [-0.39, 0.29) is 5.95 Å². The molecule has 0 saturated carbocycles. The van der Waals surface area contributed by atoms with Crippen molar-refractivity contribution in [1.82, 2.24) is 9.97 Å². The molecule has 0 spiro atoms. The summed E-state index contributed by atoms with van der Waals surface area (Å²) in [6.07, 6.45) is 0.940. The van der Waals surface area contributed by atoms with Crippen molar-refractivity contribution in [3.05, 3.63) is 49.1 Å². The number of hydrogen-bond acceptors (Lipinski definition) is 6. The van der Waals surface area contributed by atoms with E-state index in [2.05, 4.69) is 15.3 Å². The molecule has 0 radical (unpaired) electrons. The Labute approximate surface area is 99.3 Å². The van der Waals surface area contributed by atoms with Gasteiger partial charge in [0.25, 0.3) is 0 Å². The third kappa shape index (κ3) is 2.67. The number of rotatable bonds is 4. The molecule has 2 heterocycles. The quantitative estimate of drug-likeness (QED) is 0.631. The number of H-pyrrole nitrogens is 1. The Balaban J connectivity index is 2.10.